The highest BCUT2D eigenvalue weighted by Gasteiger charge is 2.25. The number of halogens is 1. The van der Waals surface area contributed by atoms with Gasteiger partial charge < -0.3 is 9.84 Å². The molecule has 0 amide bonds. The monoisotopic (exact) mass is 274 g/mol. The SMILES string of the molecule is CCOC(c1ccccc1)C(O)c1cc(C)ccc1F. The summed E-state index contributed by atoms with van der Waals surface area (Å²) in [5.74, 6) is -0.413. The number of aliphatic hydroxyl groups excluding tert-OH is 1. The fraction of sp³-hybridized carbons (Fsp3) is 0.294. The molecule has 0 saturated heterocycles. The van der Waals surface area contributed by atoms with E-state index in [-0.39, 0.29) is 5.56 Å². The van der Waals surface area contributed by atoms with E-state index in [4.69, 9.17) is 4.74 Å². The van der Waals surface area contributed by atoms with Gasteiger partial charge in [-0.15, -0.1) is 0 Å². The number of hydrogen-bond acceptors (Lipinski definition) is 2. The van der Waals surface area contributed by atoms with E-state index in [9.17, 15) is 9.50 Å². The van der Waals surface area contributed by atoms with Crippen molar-refractivity contribution in [3.8, 4) is 0 Å². The van der Waals surface area contributed by atoms with E-state index >= 15 is 0 Å². The summed E-state index contributed by atoms with van der Waals surface area (Å²) in [6, 6.07) is 14.1. The Morgan fingerprint density at radius 2 is 1.85 bits per heavy atom. The summed E-state index contributed by atoms with van der Waals surface area (Å²) in [4.78, 5) is 0. The molecule has 2 atom stereocenters. The first-order valence-electron chi connectivity index (χ1n) is 6.74. The highest BCUT2D eigenvalue weighted by atomic mass is 19.1. The molecule has 2 aromatic carbocycles. The minimum atomic E-state index is -1.03. The minimum Gasteiger partial charge on any atom is -0.385 e. The first-order valence-corrected chi connectivity index (χ1v) is 6.74. The second-order valence-corrected chi connectivity index (χ2v) is 4.76. The lowest BCUT2D eigenvalue weighted by atomic mass is 9.96. The molecule has 0 radical (unpaired) electrons. The second kappa shape index (κ2) is 6.64. The van der Waals surface area contributed by atoms with E-state index < -0.39 is 18.0 Å². The predicted octanol–water partition coefficient (Wildman–Crippen LogP) is 3.95. The lowest BCUT2D eigenvalue weighted by Gasteiger charge is -2.24. The molecule has 20 heavy (non-hydrogen) atoms. The van der Waals surface area contributed by atoms with Crippen molar-refractivity contribution in [1.82, 2.24) is 0 Å². The molecule has 0 spiro atoms. The van der Waals surface area contributed by atoms with Crippen molar-refractivity contribution in [2.24, 2.45) is 0 Å². The maximum absolute atomic E-state index is 13.9. The molecule has 2 rings (SSSR count). The first-order chi connectivity index (χ1) is 9.63. The summed E-state index contributed by atoms with van der Waals surface area (Å²) in [5, 5.41) is 10.5. The van der Waals surface area contributed by atoms with Crippen molar-refractivity contribution >= 4 is 0 Å². The average molecular weight is 274 g/mol. The van der Waals surface area contributed by atoms with Crippen LogP contribution in [0.4, 0.5) is 4.39 Å². The van der Waals surface area contributed by atoms with Gasteiger partial charge in [0, 0.05) is 12.2 Å². The molecule has 0 fully saturated rings. The van der Waals surface area contributed by atoms with Crippen LogP contribution in [0.15, 0.2) is 48.5 Å². The van der Waals surface area contributed by atoms with Crippen molar-refractivity contribution in [1.29, 1.82) is 0 Å². The highest BCUT2D eigenvalue weighted by molar-refractivity contribution is 5.29. The summed E-state index contributed by atoms with van der Waals surface area (Å²) in [7, 11) is 0. The van der Waals surface area contributed by atoms with Crippen molar-refractivity contribution in [3.05, 3.63) is 71.0 Å². The molecule has 2 aromatic rings. The van der Waals surface area contributed by atoms with Crippen LogP contribution in [0, 0.1) is 12.7 Å². The molecular weight excluding hydrogens is 255 g/mol. The van der Waals surface area contributed by atoms with Crippen LogP contribution in [0.2, 0.25) is 0 Å². The van der Waals surface area contributed by atoms with Crippen LogP contribution in [-0.4, -0.2) is 11.7 Å². The maximum Gasteiger partial charge on any atom is 0.129 e. The van der Waals surface area contributed by atoms with Crippen LogP contribution < -0.4 is 0 Å². The van der Waals surface area contributed by atoms with E-state index in [1.54, 1.807) is 12.1 Å². The molecule has 0 aromatic heterocycles. The predicted molar refractivity (Wildman–Crippen MR) is 76.9 cm³/mol. The molecule has 0 aliphatic heterocycles. The van der Waals surface area contributed by atoms with Gasteiger partial charge in [0.1, 0.15) is 18.0 Å². The van der Waals surface area contributed by atoms with E-state index in [2.05, 4.69) is 0 Å². The number of benzene rings is 2. The van der Waals surface area contributed by atoms with Crippen molar-refractivity contribution in [2.45, 2.75) is 26.1 Å². The normalized spacial score (nSPS) is 14.0. The molecule has 2 nitrogen and oxygen atoms in total. The summed E-state index contributed by atoms with van der Waals surface area (Å²) in [6.45, 7) is 4.17. The number of rotatable bonds is 5. The summed E-state index contributed by atoms with van der Waals surface area (Å²) in [6.07, 6.45) is -1.60. The highest BCUT2D eigenvalue weighted by Crippen LogP contribution is 2.33. The van der Waals surface area contributed by atoms with Crippen LogP contribution in [0.25, 0.3) is 0 Å². The maximum atomic E-state index is 13.9. The average Bonchev–Trinajstić information content (AvgIpc) is 2.47. The Morgan fingerprint density at radius 3 is 2.50 bits per heavy atom. The molecule has 0 aliphatic rings. The lowest BCUT2D eigenvalue weighted by molar-refractivity contribution is -0.0375. The molecule has 0 heterocycles. The summed E-state index contributed by atoms with van der Waals surface area (Å²) < 4.78 is 19.5. The molecule has 106 valence electrons. The molecule has 3 heteroatoms. The Balaban J connectivity index is 2.36. The zero-order valence-corrected chi connectivity index (χ0v) is 11.7. The largest absolute Gasteiger partial charge is 0.385 e. The van der Waals surface area contributed by atoms with E-state index in [1.165, 1.54) is 6.07 Å². The lowest BCUT2D eigenvalue weighted by Crippen LogP contribution is -2.16. The smallest absolute Gasteiger partial charge is 0.129 e. The minimum absolute atomic E-state index is 0.271. The van der Waals surface area contributed by atoms with Gasteiger partial charge in [0.25, 0.3) is 0 Å². The first kappa shape index (κ1) is 14.7. The molecule has 0 aliphatic carbocycles. The number of aryl methyl sites for hydroxylation is 1. The van der Waals surface area contributed by atoms with Gasteiger partial charge in [-0.25, -0.2) is 4.39 Å². The quantitative estimate of drug-likeness (QED) is 0.894. The van der Waals surface area contributed by atoms with Gasteiger partial charge >= 0.3 is 0 Å². The fourth-order valence-corrected chi connectivity index (χ4v) is 2.24. The summed E-state index contributed by atoms with van der Waals surface area (Å²) in [5.41, 5.74) is 2.01. The second-order valence-electron chi connectivity index (χ2n) is 4.76. The van der Waals surface area contributed by atoms with Crippen LogP contribution in [0.5, 0.6) is 0 Å². The van der Waals surface area contributed by atoms with Gasteiger partial charge in [0.15, 0.2) is 0 Å². The number of aliphatic hydroxyl groups is 1. The Morgan fingerprint density at radius 1 is 1.15 bits per heavy atom. The van der Waals surface area contributed by atoms with Gasteiger partial charge in [-0.05, 0) is 25.5 Å². The van der Waals surface area contributed by atoms with E-state index in [1.807, 2.05) is 44.2 Å². The third-order valence-corrected chi connectivity index (χ3v) is 3.23. The van der Waals surface area contributed by atoms with Gasteiger partial charge in [0.2, 0.25) is 0 Å². The zero-order chi connectivity index (χ0) is 14.5. The van der Waals surface area contributed by atoms with E-state index in [0.29, 0.717) is 6.61 Å². The Bertz CT molecular complexity index is 554. The van der Waals surface area contributed by atoms with Crippen LogP contribution in [0.1, 0.15) is 35.8 Å². The van der Waals surface area contributed by atoms with Crippen LogP contribution in [-0.2, 0) is 4.74 Å². The zero-order valence-electron chi connectivity index (χ0n) is 11.7. The molecule has 0 saturated carbocycles. The Hall–Kier alpha value is -1.71. The third-order valence-electron chi connectivity index (χ3n) is 3.23. The van der Waals surface area contributed by atoms with Gasteiger partial charge in [0.05, 0.1) is 0 Å². The Labute approximate surface area is 118 Å². The molecular formula is C17H19FO2. The van der Waals surface area contributed by atoms with E-state index in [0.717, 1.165) is 11.1 Å². The number of hydrogen-bond donors (Lipinski definition) is 1. The molecule has 0 bridgehead atoms. The standard InChI is InChI=1S/C17H19FO2/c1-3-20-17(13-7-5-4-6-8-13)16(19)14-11-12(2)9-10-15(14)18/h4-11,16-17,19H,3H2,1-2H3. The van der Waals surface area contributed by atoms with Crippen molar-refractivity contribution in [3.63, 3.8) is 0 Å². The van der Waals surface area contributed by atoms with Crippen LogP contribution in [0.3, 0.4) is 0 Å². The Kier molecular flexibility index (Phi) is 4.88. The third kappa shape index (κ3) is 3.24. The summed E-state index contributed by atoms with van der Waals surface area (Å²) >= 11 is 0. The van der Waals surface area contributed by atoms with Gasteiger partial charge in [-0.2, -0.15) is 0 Å². The molecule has 1 N–H and O–H groups in total. The fourth-order valence-electron chi connectivity index (χ4n) is 2.24. The van der Waals surface area contributed by atoms with Crippen molar-refractivity contribution < 1.29 is 14.2 Å². The van der Waals surface area contributed by atoms with Gasteiger partial charge in [-0.1, -0.05) is 48.0 Å². The van der Waals surface area contributed by atoms with Gasteiger partial charge in [-0.3, -0.25) is 0 Å². The molecule has 2 unspecified atom stereocenters. The van der Waals surface area contributed by atoms with Crippen LogP contribution >= 0.6 is 0 Å². The van der Waals surface area contributed by atoms with Crippen molar-refractivity contribution in [2.75, 3.05) is 6.61 Å². The number of ether oxygens (including phenoxy) is 1. The topological polar surface area (TPSA) is 29.5 Å².